The fourth-order valence-corrected chi connectivity index (χ4v) is 2.85. The van der Waals surface area contributed by atoms with Crippen LogP contribution in [0, 0.1) is 6.92 Å². The minimum absolute atomic E-state index is 0.288. The first kappa shape index (κ1) is 16.0. The zero-order chi connectivity index (χ0) is 15.1. The van der Waals surface area contributed by atoms with Crippen molar-refractivity contribution in [2.75, 3.05) is 13.7 Å². The number of nitrogens with zero attached hydrogens (tertiary/aromatic N) is 1. The second-order valence-electron chi connectivity index (χ2n) is 5.17. The Morgan fingerprint density at radius 2 is 2.05 bits per heavy atom. The first-order valence-electron chi connectivity index (χ1n) is 7.54. The molecule has 0 radical (unpaired) electrons. The molecule has 0 aliphatic carbocycles. The molecule has 2 aromatic rings. The number of likely N-dealkylation sites (N-methyl/N-ethyl adjacent to an activating group) is 1. The molecular formula is C17H24N2OS. The van der Waals surface area contributed by atoms with Gasteiger partial charge in [0.05, 0.1) is 17.3 Å². The monoisotopic (exact) mass is 304 g/mol. The molecule has 1 N–H and O–H groups in total. The van der Waals surface area contributed by atoms with E-state index in [0.717, 1.165) is 42.3 Å². The van der Waals surface area contributed by atoms with Gasteiger partial charge in [0, 0.05) is 17.8 Å². The molecule has 0 amide bonds. The van der Waals surface area contributed by atoms with Crippen molar-refractivity contribution >= 4 is 11.3 Å². The van der Waals surface area contributed by atoms with E-state index in [-0.39, 0.29) is 6.04 Å². The van der Waals surface area contributed by atoms with Crippen molar-refractivity contribution in [3.63, 3.8) is 0 Å². The molecule has 1 heterocycles. The molecule has 0 fully saturated rings. The number of unbranched alkanes of at least 4 members (excludes halogenated alkanes) is 1. The molecule has 0 spiro atoms. The standard InChI is InChI=1S/C17H24N2OS/c1-4-5-10-20-16-8-6-14(7-9-16)17(18-3)11-15-12-21-13(2)19-15/h6-9,12,17-18H,4-5,10-11H2,1-3H3. The van der Waals surface area contributed by atoms with Crippen LogP contribution < -0.4 is 10.1 Å². The van der Waals surface area contributed by atoms with Crippen LogP contribution in [0.1, 0.15) is 42.1 Å². The summed E-state index contributed by atoms with van der Waals surface area (Å²) in [5, 5.41) is 6.64. The quantitative estimate of drug-likeness (QED) is 0.744. The van der Waals surface area contributed by atoms with Gasteiger partial charge < -0.3 is 10.1 Å². The van der Waals surface area contributed by atoms with Gasteiger partial charge in [-0.15, -0.1) is 11.3 Å². The highest BCUT2D eigenvalue weighted by Crippen LogP contribution is 2.22. The molecule has 0 saturated heterocycles. The summed E-state index contributed by atoms with van der Waals surface area (Å²) >= 11 is 1.71. The van der Waals surface area contributed by atoms with Gasteiger partial charge >= 0.3 is 0 Å². The summed E-state index contributed by atoms with van der Waals surface area (Å²) < 4.78 is 5.71. The molecule has 1 aromatic carbocycles. The van der Waals surface area contributed by atoms with E-state index in [4.69, 9.17) is 4.74 Å². The molecule has 4 heteroatoms. The Labute approximate surface area is 131 Å². The van der Waals surface area contributed by atoms with E-state index in [1.165, 1.54) is 5.56 Å². The number of aromatic nitrogens is 1. The Kier molecular flexibility index (Phi) is 6.21. The normalized spacial score (nSPS) is 12.3. The summed E-state index contributed by atoms with van der Waals surface area (Å²) in [6.45, 7) is 5.01. The highest BCUT2D eigenvalue weighted by Gasteiger charge is 2.12. The lowest BCUT2D eigenvalue weighted by atomic mass is 10.0. The van der Waals surface area contributed by atoms with Crippen LogP contribution in [0.2, 0.25) is 0 Å². The van der Waals surface area contributed by atoms with Gasteiger partial charge in [-0.3, -0.25) is 0 Å². The molecule has 0 bridgehead atoms. The maximum absolute atomic E-state index is 5.71. The molecule has 1 aromatic heterocycles. The topological polar surface area (TPSA) is 34.1 Å². The van der Waals surface area contributed by atoms with E-state index in [0.29, 0.717) is 0 Å². The number of rotatable bonds is 8. The Hall–Kier alpha value is -1.39. The minimum atomic E-state index is 0.288. The van der Waals surface area contributed by atoms with Crippen LogP contribution in [0.15, 0.2) is 29.6 Å². The van der Waals surface area contributed by atoms with Crippen molar-refractivity contribution in [1.82, 2.24) is 10.3 Å². The average molecular weight is 304 g/mol. The molecule has 114 valence electrons. The number of aryl methyl sites for hydroxylation is 1. The molecule has 0 saturated carbocycles. The second-order valence-corrected chi connectivity index (χ2v) is 6.24. The molecule has 0 aliphatic heterocycles. The van der Waals surface area contributed by atoms with E-state index < -0.39 is 0 Å². The molecule has 21 heavy (non-hydrogen) atoms. The molecule has 2 rings (SSSR count). The van der Waals surface area contributed by atoms with Gasteiger partial charge in [0.2, 0.25) is 0 Å². The van der Waals surface area contributed by atoms with E-state index in [1.54, 1.807) is 11.3 Å². The molecule has 1 atom stereocenters. The number of benzene rings is 1. The lowest BCUT2D eigenvalue weighted by molar-refractivity contribution is 0.309. The number of ether oxygens (including phenoxy) is 1. The minimum Gasteiger partial charge on any atom is -0.494 e. The van der Waals surface area contributed by atoms with Crippen LogP contribution in [0.3, 0.4) is 0 Å². The van der Waals surface area contributed by atoms with Gasteiger partial charge in [-0.25, -0.2) is 4.98 Å². The van der Waals surface area contributed by atoms with E-state index in [1.807, 2.05) is 14.0 Å². The Morgan fingerprint density at radius 3 is 2.62 bits per heavy atom. The van der Waals surface area contributed by atoms with E-state index >= 15 is 0 Å². The first-order valence-corrected chi connectivity index (χ1v) is 8.42. The second kappa shape index (κ2) is 8.15. The lowest BCUT2D eigenvalue weighted by Crippen LogP contribution is -2.19. The number of hydrogen-bond donors (Lipinski definition) is 1. The predicted molar refractivity (Wildman–Crippen MR) is 89.2 cm³/mol. The zero-order valence-electron chi connectivity index (χ0n) is 13.1. The number of thiazole rings is 1. The zero-order valence-corrected chi connectivity index (χ0v) is 13.9. The van der Waals surface area contributed by atoms with Crippen LogP contribution in [0.25, 0.3) is 0 Å². The van der Waals surface area contributed by atoms with E-state index in [2.05, 4.69) is 46.9 Å². The van der Waals surface area contributed by atoms with Crippen LogP contribution in [-0.4, -0.2) is 18.6 Å². The molecular weight excluding hydrogens is 280 g/mol. The summed E-state index contributed by atoms with van der Waals surface area (Å²) in [5.41, 5.74) is 2.42. The molecule has 3 nitrogen and oxygen atoms in total. The third-order valence-corrected chi connectivity index (χ3v) is 4.30. The van der Waals surface area contributed by atoms with Crippen LogP contribution in [0.5, 0.6) is 5.75 Å². The fraction of sp³-hybridized carbons (Fsp3) is 0.471. The first-order chi connectivity index (χ1) is 10.2. The largest absolute Gasteiger partial charge is 0.494 e. The van der Waals surface area contributed by atoms with Crippen LogP contribution in [0.4, 0.5) is 0 Å². The van der Waals surface area contributed by atoms with Crippen molar-refractivity contribution in [1.29, 1.82) is 0 Å². The number of hydrogen-bond acceptors (Lipinski definition) is 4. The van der Waals surface area contributed by atoms with Gasteiger partial charge in [-0.2, -0.15) is 0 Å². The van der Waals surface area contributed by atoms with Crippen molar-refractivity contribution in [3.05, 3.63) is 45.9 Å². The summed E-state index contributed by atoms with van der Waals surface area (Å²) in [7, 11) is 2.00. The van der Waals surface area contributed by atoms with Gasteiger partial charge in [-0.05, 0) is 38.1 Å². The third-order valence-electron chi connectivity index (χ3n) is 3.48. The summed E-state index contributed by atoms with van der Waals surface area (Å²) in [5.74, 6) is 0.951. The van der Waals surface area contributed by atoms with Gasteiger partial charge in [0.15, 0.2) is 0 Å². The SMILES string of the molecule is CCCCOc1ccc(C(Cc2csc(C)n2)NC)cc1. The van der Waals surface area contributed by atoms with E-state index in [9.17, 15) is 0 Å². The molecule has 1 unspecified atom stereocenters. The summed E-state index contributed by atoms with van der Waals surface area (Å²) in [6.07, 6.45) is 3.17. The maximum atomic E-state index is 5.71. The average Bonchev–Trinajstić information content (AvgIpc) is 2.91. The Balaban J connectivity index is 1.98. The summed E-state index contributed by atoms with van der Waals surface area (Å²) in [4.78, 5) is 4.55. The lowest BCUT2D eigenvalue weighted by Gasteiger charge is -2.16. The Morgan fingerprint density at radius 1 is 1.29 bits per heavy atom. The predicted octanol–water partition coefficient (Wildman–Crippen LogP) is 4.13. The van der Waals surface area contributed by atoms with Crippen LogP contribution in [-0.2, 0) is 6.42 Å². The van der Waals surface area contributed by atoms with Crippen LogP contribution >= 0.6 is 11.3 Å². The van der Waals surface area contributed by atoms with Crippen molar-refractivity contribution in [2.45, 2.75) is 39.2 Å². The molecule has 0 aliphatic rings. The third kappa shape index (κ3) is 4.83. The Bertz CT molecular complexity index is 536. The van der Waals surface area contributed by atoms with Crippen molar-refractivity contribution < 1.29 is 4.74 Å². The highest BCUT2D eigenvalue weighted by molar-refractivity contribution is 7.09. The van der Waals surface area contributed by atoms with Crippen molar-refractivity contribution in [3.8, 4) is 5.75 Å². The van der Waals surface area contributed by atoms with Gasteiger partial charge in [0.1, 0.15) is 5.75 Å². The van der Waals surface area contributed by atoms with Gasteiger partial charge in [-0.1, -0.05) is 25.5 Å². The maximum Gasteiger partial charge on any atom is 0.119 e. The number of nitrogens with one attached hydrogen (secondary N) is 1. The smallest absolute Gasteiger partial charge is 0.119 e. The summed E-state index contributed by atoms with van der Waals surface area (Å²) in [6, 6.07) is 8.68. The fourth-order valence-electron chi connectivity index (χ4n) is 2.23. The van der Waals surface area contributed by atoms with Gasteiger partial charge in [0.25, 0.3) is 0 Å². The highest BCUT2D eigenvalue weighted by atomic mass is 32.1. The van der Waals surface area contributed by atoms with Crippen molar-refractivity contribution in [2.24, 2.45) is 0 Å².